The molecular weight excluding hydrogens is 166 g/mol. The third-order valence-corrected chi connectivity index (χ3v) is 1.79. The molecule has 1 amide bonds. The SMILES string of the molecule is NC(=O)c1ccc2ncncc2c1. The van der Waals surface area contributed by atoms with Crippen LogP contribution in [0.4, 0.5) is 0 Å². The fourth-order valence-electron chi connectivity index (χ4n) is 1.14. The van der Waals surface area contributed by atoms with Crippen LogP contribution in [-0.2, 0) is 0 Å². The summed E-state index contributed by atoms with van der Waals surface area (Å²) < 4.78 is 0. The first-order valence-electron chi connectivity index (χ1n) is 3.77. The summed E-state index contributed by atoms with van der Waals surface area (Å²) in [5.74, 6) is -0.439. The predicted molar refractivity (Wildman–Crippen MR) is 48.1 cm³/mol. The first-order chi connectivity index (χ1) is 6.27. The second-order valence-corrected chi connectivity index (χ2v) is 2.66. The molecular formula is C9H7N3O. The molecule has 4 heteroatoms. The van der Waals surface area contributed by atoms with Crippen LogP contribution in [0.5, 0.6) is 0 Å². The van der Waals surface area contributed by atoms with Gasteiger partial charge in [-0.15, -0.1) is 0 Å². The van der Waals surface area contributed by atoms with Crippen LogP contribution in [0.25, 0.3) is 10.9 Å². The van der Waals surface area contributed by atoms with E-state index >= 15 is 0 Å². The Balaban J connectivity index is 2.69. The van der Waals surface area contributed by atoms with Gasteiger partial charge in [0.05, 0.1) is 5.52 Å². The molecule has 1 heterocycles. The van der Waals surface area contributed by atoms with Gasteiger partial charge in [-0.2, -0.15) is 0 Å². The van der Waals surface area contributed by atoms with Gasteiger partial charge in [0.2, 0.25) is 5.91 Å². The number of carbonyl (C=O) groups is 1. The van der Waals surface area contributed by atoms with E-state index in [2.05, 4.69) is 9.97 Å². The standard InChI is InChI=1S/C9H7N3O/c10-9(13)6-1-2-8-7(3-6)4-11-5-12-8/h1-5H,(H2,10,13). The average molecular weight is 173 g/mol. The summed E-state index contributed by atoms with van der Waals surface area (Å²) in [5, 5.41) is 0.818. The molecule has 4 nitrogen and oxygen atoms in total. The van der Waals surface area contributed by atoms with Crippen molar-refractivity contribution in [2.45, 2.75) is 0 Å². The van der Waals surface area contributed by atoms with Crippen LogP contribution in [0.1, 0.15) is 10.4 Å². The van der Waals surface area contributed by atoms with Crippen molar-refractivity contribution in [1.82, 2.24) is 9.97 Å². The maximum Gasteiger partial charge on any atom is 0.248 e. The summed E-state index contributed by atoms with van der Waals surface area (Å²) in [6, 6.07) is 5.08. The number of rotatable bonds is 1. The zero-order chi connectivity index (χ0) is 9.26. The molecule has 2 N–H and O–H groups in total. The van der Waals surface area contributed by atoms with E-state index in [1.54, 1.807) is 24.4 Å². The number of fused-ring (bicyclic) bond motifs is 1. The summed E-state index contributed by atoms with van der Waals surface area (Å²) in [6.45, 7) is 0. The lowest BCUT2D eigenvalue weighted by Crippen LogP contribution is -2.10. The Morgan fingerprint density at radius 3 is 3.00 bits per heavy atom. The topological polar surface area (TPSA) is 68.9 Å². The molecule has 2 rings (SSSR count). The van der Waals surface area contributed by atoms with Crippen LogP contribution in [-0.4, -0.2) is 15.9 Å². The van der Waals surface area contributed by atoms with Gasteiger partial charge in [-0.3, -0.25) is 4.79 Å². The Bertz CT molecular complexity index is 467. The zero-order valence-electron chi connectivity index (χ0n) is 6.77. The maximum atomic E-state index is 10.8. The second-order valence-electron chi connectivity index (χ2n) is 2.66. The number of primary amides is 1. The Hall–Kier alpha value is -1.97. The van der Waals surface area contributed by atoms with Crippen molar-refractivity contribution in [3.8, 4) is 0 Å². The third-order valence-electron chi connectivity index (χ3n) is 1.79. The molecule has 0 aliphatic carbocycles. The minimum Gasteiger partial charge on any atom is -0.366 e. The third kappa shape index (κ3) is 1.33. The Labute approximate surface area is 74.4 Å². The highest BCUT2D eigenvalue weighted by Crippen LogP contribution is 2.11. The van der Waals surface area contributed by atoms with Gasteiger partial charge in [-0.05, 0) is 18.2 Å². The van der Waals surface area contributed by atoms with Gasteiger partial charge < -0.3 is 5.73 Å². The van der Waals surface area contributed by atoms with E-state index in [1.807, 2.05) is 0 Å². The fourth-order valence-corrected chi connectivity index (χ4v) is 1.14. The number of nitrogens with zero attached hydrogens (tertiary/aromatic N) is 2. The summed E-state index contributed by atoms with van der Waals surface area (Å²) in [4.78, 5) is 18.7. The summed E-state index contributed by atoms with van der Waals surface area (Å²) in [5.41, 5.74) is 6.40. The van der Waals surface area contributed by atoms with Gasteiger partial charge in [0.1, 0.15) is 6.33 Å². The maximum absolute atomic E-state index is 10.8. The molecule has 0 radical (unpaired) electrons. The van der Waals surface area contributed by atoms with Gasteiger partial charge in [0, 0.05) is 17.1 Å². The van der Waals surface area contributed by atoms with Gasteiger partial charge in [0.15, 0.2) is 0 Å². The minimum absolute atomic E-state index is 0.439. The first kappa shape index (κ1) is 7.67. The number of benzene rings is 1. The van der Waals surface area contributed by atoms with E-state index in [0.29, 0.717) is 5.56 Å². The van der Waals surface area contributed by atoms with Gasteiger partial charge in [-0.1, -0.05) is 0 Å². The Morgan fingerprint density at radius 2 is 2.23 bits per heavy atom. The lowest BCUT2D eigenvalue weighted by atomic mass is 10.1. The molecule has 0 aliphatic rings. The quantitative estimate of drug-likeness (QED) is 0.691. The molecule has 0 saturated carbocycles. The van der Waals surface area contributed by atoms with E-state index in [-0.39, 0.29) is 0 Å². The van der Waals surface area contributed by atoms with Crippen molar-refractivity contribution in [3.05, 3.63) is 36.3 Å². The highest BCUT2D eigenvalue weighted by molar-refractivity contribution is 5.96. The van der Waals surface area contributed by atoms with Crippen LogP contribution >= 0.6 is 0 Å². The van der Waals surface area contributed by atoms with Crippen molar-refractivity contribution < 1.29 is 4.79 Å². The highest BCUT2D eigenvalue weighted by Gasteiger charge is 2.01. The molecule has 0 bridgehead atoms. The number of amides is 1. The van der Waals surface area contributed by atoms with Crippen LogP contribution in [0.15, 0.2) is 30.7 Å². The summed E-state index contributed by atoms with van der Waals surface area (Å²) in [7, 11) is 0. The molecule has 0 atom stereocenters. The largest absolute Gasteiger partial charge is 0.366 e. The minimum atomic E-state index is -0.439. The van der Waals surface area contributed by atoms with Crippen molar-refractivity contribution in [2.75, 3.05) is 0 Å². The van der Waals surface area contributed by atoms with Crippen LogP contribution in [0.2, 0.25) is 0 Å². The van der Waals surface area contributed by atoms with Gasteiger partial charge in [0.25, 0.3) is 0 Å². The van der Waals surface area contributed by atoms with E-state index in [9.17, 15) is 4.79 Å². The van der Waals surface area contributed by atoms with Crippen LogP contribution in [0.3, 0.4) is 0 Å². The van der Waals surface area contributed by atoms with Gasteiger partial charge in [-0.25, -0.2) is 9.97 Å². The number of carbonyl (C=O) groups excluding carboxylic acids is 1. The second kappa shape index (κ2) is 2.82. The normalized spacial score (nSPS) is 10.2. The molecule has 1 aromatic heterocycles. The number of aromatic nitrogens is 2. The van der Waals surface area contributed by atoms with Crippen molar-refractivity contribution in [2.24, 2.45) is 5.73 Å². The lowest BCUT2D eigenvalue weighted by molar-refractivity contribution is 0.100. The monoisotopic (exact) mass is 173 g/mol. The van der Waals surface area contributed by atoms with E-state index in [1.165, 1.54) is 6.33 Å². The van der Waals surface area contributed by atoms with E-state index in [4.69, 9.17) is 5.73 Å². The molecule has 0 unspecified atom stereocenters. The average Bonchev–Trinajstić information content (AvgIpc) is 2.17. The molecule has 0 saturated heterocycles. The predicted octanol–water partition coefficient (Wildman–Crippen LogP) is 0.729. The highest BCUT2D eigenvalue weighted by atomic mass is 16.1. The van der Waals surface area contributed by atoms with E-state index in [0.717, 1.165) is 10.9 Å². The number of hydrogen-bond acceptors (Lipinski definition) is 3. The molecule has 0 fully saturated rings. The number of nitrogens with two attached hydrogens (primary N) is 1. The number of hydrogen-bond donors (Lipinski definition) is 1. The smallest absolute Gasteiger partial charge is 0.248 e. The van der Waals surface area contributed by atoms with Crippen LogP contribution in [0, 0.1) is 0 Å². The zero-order valence-corrected chi connectivity index (χ0v) is 6.77. The summed E-state index contributed by atoms with van der Waals surface area (Å²) >= 11 is 0. The lowest BCUT2D eigenvalue weighted by Gasteiger charge is -1.97. The molecule has 0 spiro atoms. The Morgan fingerprint density at radius 1 is 1.38 bits per heavy atom. The fraction of sp³-hybridized carbons (Fsp3) is 0. The molecule has 1 aromatic carbocycles. The molecule has 13 heavy (non-hydrogen) atoms. The molecule has 0 aliphatic heterocycles. The van der Waals surface area contributed by atoms with Crippen molar-refractivity contribution in [1.29, 1.82) is 0 Å². The van der Waals surface area contributed by atoms with Crippen molar-refractivity contribution in [3.63, 3.8) is 0 Å². The Kier molecular flexibility index (Phi) is 1.66. The molecule has 2 aromatic rings. The van der Waals surface area contributed by atoms with Crippen LogP contribution < -0.4 is 5.73 Å². The van der Waals surface area contributed by atoms with E-state index < -0.39 is 5.91 Å². The van der Waals surface area contributed by atoms with Gasteiger partial charge >= 0.3 is 0 Å². The summed E-state index contributed by atoms with van der Waals surface area (Å²) in [6.07, 6.45) is 3.11. The first-order valence-corrected chi connectivity index (χ1v) is 3.77. The molecule has 64 valence electrons. The van der Waals surface area contributed by atoms with Crippen molar-refractivity contribution >= 4 is 16.8 Å².